The number of hydrogen-bond acceptors (Lipinski definition) is 4. The molecule has 1 N–H and O–H groups in total. The van der Waals surface area contributed by atoms with Crippen molar-refractivity contribution < 1.29 is 17.9 Å². The highest BCUT2D eigenvalue weighted by Crippen LogP contribution is 2.42. The van der Waals surface area contributed by atoms with Gasteiger partial charge in [-0.15, -0.1) is 0 Å². The maximum atomic E-state index is 12.8. The number of sulfonamides is 1. The maximum absolute atomic E-state index is 12.8. The Hall–Kier alpha value is -1.56. The molecule has 1 amide bonds. The zero-order chi connectivity index (χ0) is 17.7. The molecule has 1 rings (SSSR count). The van der Waals surface area contributed by atoms with Crippen molar-refractivity contribution in [3.63, 3.8) is 0 Å². The van der Waals surface area contributed by atoms with E-state index < -0.39 is 26.8 Å². The SMILES string of the molecule is CCC(COc1ccccc1)(C(=O)NS(=O)(=O)CC)C(C)(C)C. The van der Waals surface area contributed by atoms with E-state index in [2.05, 4.69) is 4.72 Å². The van der Waals surface area contributed by atoms with Crippen LogP contribution < -0.4 is 9.46 Å². The largest absolute Gasteiger partial charge is 0.492 e. The van der Waals surface area contributed by atoms with Gasteiger partial charge in [0.25, 0.3) is 0 Å². The molecule has 0 bridgehead atoms. The third kappa shape index (κ3) is 4.70. The highest BCUT2D eigenvalue weighted by molar-refractivity contribution is 7.90. The maximum Gasteiger partial charge on any atom is 0.243 e. The predicted octanol–water partition coefficient (Wildman–Crippen LogP) is 2.97. The summed E-state index contributed by atoms with van der Waals surface area (Å²) < 4.78 is 31.6. The smallest absolute Gasteiger partial charge is 0.243 e. The number of hydrogen-bond donors (Lipinski definition) is 1. The van der Waals surface area contributed by atoms with Crippen LogP contribution in [0, 0.1) is 10.8 Å². The second-order valence-corrected chi connectivity index (χ2v) is 8.63. The van der Waals surface area contributed by atoms with Crippen molar-refractivity contribution in [3.8, 4) is 5.75 Å². The van der Waals surface area contributed by atoms with Gasteiger partial charge in [0, 0.05) is 0 Å². The van der Waals surface area contributed by atoms with Crippen molar-refractivity contribution in [2.24, 2.45) is 10.8 Å². The molecule has 6 heteroatoms. The highest BCUT2D eigenvalue weighted by atomic mass is 32.2. The van der Waals surface area contributed by atoms with Crippen LogP contribution in [0.1, 0.15) is 41.0 Å². The molecule has 1 unspecified atom stereocenters. The molecule has 130 valence electrons. The lowest BCUT2D eigenvalue weighted by Gasteiger charge is -2.42. The normalized spacial score (nSPS) is 14.8. The van der Waals surface area contributed by atoms with Gasteiger partial charge in [-0.25, -0.2) is 8.42 Å². The number of amides is 1. The molecule has 23 heavy (non-hydrogen) atoms. The molecule has 0 aromatic heterocycles. The van der Waals surface area contributed by atoms with E-state index in [9.17, 15) is 13.2 Å². The van der Waals surface area contributed by atoms with Gasteiger partial charge in [-0.1, -0.05) is 45.9 Å². The Morgan fingerprint density at radius 1 is 1.13 bits per heavy atom. The summed E-state index contributed by atoms with van der Waals surface area (Å²) in [7, 11) is -3.61. The summed E-state index contributed by atoms with van der Waals surface area (Å²) in [6, 6.07) is 9.20. The molecular weight excluding hydrogens is 314 g/mol. The minimum atomic E-state index is -3.61. The second kappa shape index (κ2) is 7.34. The van der Waals surface area contributed by atoms with Gasteiger partial charge in [-0.3, -0.25) is 9.52 Å². The Bertz CT molecular complexity index is 620. The van der Waals surface area contributed by atoms with Crippen LogP contribution in [-0.2, 0) is 14.8 Å². The first-order valence-corrected chi connectivity index (χ1v) is 9.46. The molecule has 0 spiro atoms. The van der Waals surface area contributed by atoms with Crippen molar-refractivity contribution >= 4 is 15.9 Å². The Morgan fingerprint density at radius 3 is 2.13 bits per heavy atom. The van der Waals surface area contributed by atoms with Gasteiger partial charge in [-0.05, 0) is 30.9 Å². The second-order valence-electron chi connectivity index (χ2n) is 6.62. The molecule has 1 atom stereocenters. The van der Waals surface area contributed by atoms with E-state index in [1.807, 2.05) is 58.0 Å². The van der Waals surface area contributed by atoms with Gasteiger partial charge >= 0.3 is 0 Å². The summed E-state index contributed by atoms with van der Waals surface area (Å²) in [5.41, 5.74) is -1.42. The standard InChI is InChI=1S/C17H27NO4S/c1-6-17(16(3,4)5,15(19)18-23(20,21)7-2)13-22-14-11-9-8-10-12-14/h8-12H,6-7,13H2,1-5H3,(H,18,19). The fourth-order valence-corrected chi connectivity index (χ4v) is 3.07. The number of carbonyl (C=O) groups is 1. The van der Waals surface area contributed by atoms with Crippen molar-refractivity contribution in [1.82, 2.24) is 4.72 Å². The average Bonchev–Trinajstić information content (AvgIpc) is 2.47. The summed E-state index contributed by atoms with van der Waals surface area (Å²) >= 11 is 0. The summed E-state index contributed by atoms with van der Waals surface area (Å²) in [4.78, 5) is 12.8. The lowest BCUT2D eigenvalue weighted by molar-refractivity contribution is -0.139. The van der Waals surface area contributed by atoms with Crippen molar-refractivity contribution in [1.29, 1.82) is 0 Å². The fraction of sp³-hybridized carbons (Fsp3) is 0.588. The van der Waals surface area contributed by atoms with Gasteiger partial charge in [0.2, 0.25) is 15.9 Å². The number of nitrogens with one attached hydrogen (secondary N) is 1. The molecule has 0 saturated heterocycles. The number of benzene rings is 1. The van der Waals surface area contributed by atoms with Crippen LogP contribution >= 0.6 is 0 Å². The van der Waals surface area contributed by atoms with Crippen LogP contribution in [0.3, 0.4) is 0 Å². The van der Waals surface area contributed by atoms with E-state index in [-0.39, 0.29) is 12.4 Å². The lowest BCUT2D eigenvalue weighted by atomic mass is 9.65. The van der Waals surface area contributed by atoms with Gasteiger partial charge in [-0.2, -0.15) is 0 Å². The van der Waals surface area contributed by atoms with Crippen molar-refractivity contribution in [2.45, 2.75) is 41.0 Å². The summed E-state index contributed by atoms with van der Waals surface area (Å²) in [5, 5.41) is 0. The van der Waals surface area contributed by atoms with E-state index in [0.29, 0.717) is 12.2 Å². The third-order valence-electron chi connectivity index (χ3n) is 4.33. The van der Waals surface area contributed by atoms with Gasteiger partial charge in [0.15, 0.2) is 0 Å². The molecule has 0 aliphatic carbocycles. The minimum absolute atomic E-state index is 0.113. The van der Waals surface area contributed by atoms with Crippen molar-refractivity contribution in [3.05, 3.63) is 30.3 Å². The van der Waals surface area contributed by atoms with E-state index in [1.165, 1.54) is 6.92 Å². The van der Waals surface area contributed by atoms with Crippen LogP contribution in [0.25, 0.3) is 0 Å². The zero-order valence-corrected chi connectivity index (χ0v) is 15.4. The zero-order valence-electron chi connectivity index (χ0n) is 14.5. The first-order valence-electron chi connectivity index (χ1n) is 7.81. The highest BCUT2D eigenvalue weighted by Gasteiger charge is 2.49. The predicted molar refractivity (Wildman–Crippen MR) is 91.7 cm³/mol. The number of rotatable bonds is 7. The lowest BCUT2D eigenvalue weighted by Crippen LogP contribution is -2.54. The van der Waals surface area contributed by atoms with E-state index >= 15 is 0 Å². The Balaban J connectivity index is 3.10. The Labute approximate surface area is 139 Å². The fourth-order valence-electron chi connectivity index (χ4n) is 2.45. The topological polar surface area (TPSA) is 72.5 Å². The molecule has 0 fully saturated rings. The quantitative estimate of drug-likeness (QED) is 0.827. The van der Waals surface area contributed by atoms with Crippen LogP contribution in [0.2, 0.25) is 0 Å². The van der Waals surface area contributed by atoms with Gasteiger partial charge in [0.1, 0.15) is 12.4 Å². The van der Waals surface area contributed by atoms with Crippen LogP contribution in [0.15, 0.2) is 30.3 Å². The molecule has 0 aliphatic heterocycles. The average molecular weight is 341 g/mol. The number of carbonyl (C=O) groups excluding carboxylic acids is 1. The van der Waals surface area contributed by atoms with Gasteiger partial charge < -0.3 is 4.74 Å². The van der Waals surface area contributed by atoms with E-state index in [1.54, 1.807) is 0 Å². The van der Waals surface area contributed by atoms with Crippen LogP contribution in [0.5, 0.6) is 5.75 Å². The number of para-hydroxylation sites is 1. The first kappa shape index (κ1) is 19.5. The van der Waals surface area contributed by atoms with Gasteiger partial charge in [0.05, 0.1) is 11.2 Å². The third-order valence-corrected chi connectivity index (χ3v) is 5.59. The summed E-state index contributed by atoms with van der Waals surface area (Å²) in [6.45, 7) is 9.25. The summed E-state index contributed by atoms with van der Waals surface area (Å²) in [6.07, 6.45) is 0.467. The Kier molecular flexibility index (Phi) is 6.22. The molecule has 0 heterocycles. The van der Waals surface area contributed by atoms with Crippen LogP contribution in [0.4, 0.5) is 0 Å². The molecule has 0 aliphatic rings. The van der Waals surface area contributed by atoms with E-state index in [4.69, 9.17) is 4.74 Å². The molecule has 0 saturated carbocycles. The molecule has 1 aromatic carbocycles. The minimum Gasteiger partial charge on any atom is -0.492 e. The monoisotopic (exact) mass is 341 g/mol. The Morgan fingerprint density at radius 2 is 1.70 bits per heavy atom. The molecular formula is C17H27NO4S. The van der Waals surface area contributed by atoms with Crippen molar-refractivity contribution in [2.75, 3.05) is 12.4 Å². The number of ether oxygens (including phenoxy) is 1. The molecule has 5 nitrogen and oxygen atoms in total. The van der Waals surface area contributed by atoms with E-state index in [0.717, 1.165) is 0 Å². The summed E-state index contributed by atoms with van der Waals surface area (Å²) in [5.74, 6) is 0.00776. The molecule has 1 aromatic rings. The van der Waals surface area contributed by atoms with Crippen LogP contribution in [-0.4, -0.2) is 26.7 Å². The molecule has 0 radical (unpaired) electrons. The first-order chi connectivity index (χ1) is 10.6.